The van der Waals surface area contributed by atoms with Crippen molar-refractivity contribution in [3.63, 3.8) is 0 Å². The zero-order valence-electron chi connectivity index (χ0n) is 9.50. The molecule has 0 aromatic carbocycles. The van der Waals surface area contributed by atoms with Crippen LogP contribution in [0.25, 0.3) is 0 Å². The predicted molar refractivity (Wildman–Crippen MR) is 71.5 cm³/mol. The summed E-state index contributed by atoms with van der Waals surface area (Å²) in [6, 6.07) is 3.67. The molecule has 0 aliphatic rings. The lowest BCUT2D eigenvalue weighted by Gasteiger charge is -2.14. The molecule has 0 fully saturated rings. The molecule has 1 amide bonds. The van der Waals surface area contributed by atoms with E-state index in [0.717, 1.165) is 10.2 Å². The minimum absolute atomic E-state index is 0.0642. The van der Waals surface area contributed by atoms with E-state index >= 15 is 0 Å². The summed E-state index contributed by atoms with van der Waals surface area (Å²) in [5.41, 5.74) is 5.73. The van der Waals surface area contributed by atoms with Crippen LogP contribution < -0.4 is 11.1 Å². The van der Waals surface area contributed by atoms with Gasteiger partial charge in [-0.3, -0.25) is 4.79 Å². The van der Waals surface area contributed by atoms with Crippen LogP contribution in [0.15, 0.2) is 15.9 Å². The Bertz CT molecular complexity index is 352. The smallest absolute Gasteiger partial charge is 0.237 e. The highest BCUT2D eigenvalue weighted by Gasteiger charge is 2.16. The van der Waals surface area contributed by atoms with Crippen LogP contribution in [-0.4, -0.2) is 18.5 Å². The van der Waals surface area contributed by atoms with Crippen LogP contribution in [-0.2, 0) is 11.2 Å². The Morgan fingerprint density at radius 3 is 2.75 bits per heavy atom. The van der Waals surface area contributed by atoms with E-state index in [1.807, 2.05) is 19.9 Å². The molecule has 3 N–H and O–H groups in total. The van der Waals surface area contributed by atoms with Crippen LogP contribution >= 0.6 is 27.3 Å². The number of carbonyl (C=O) groups is 1. The molecule has 0 radical (unpaired) electrons. The number of carbonyl (C=O) groups excluding carboxylic acids is 1. The van der Waals surface area contributed by atoms with E-state index in [1.165, 1.54) is 4.88 Å². The van der Waals surface area contributed by atoms with Crippen molar-refractivity contribution in [1.29, 1.82) is 0 Å². The van der Waals surface area contributed by atoms with Crippen LogP contribution in [0, 0.1) is 5.92 Å². The van der Waals surface area contributed by atoms with Crippen LogP contribution in [0.2, 0.25) is 0 Å². The number of halogens is 1. The molecule has 1 aromatic heterocycles. The maximum absolute atomic E-state index is 11.5. The fourth-order valence-corrected chi connectivity index (χ4v) is 2.70. The minimum atomic E-state index is -0.407. The molecule has 1 atom stereocenters. The van der Waals surface area contributed by atoms with Crippen molar-refractivity contribution in [2.45, 2.75) is 26.3 Å². The highest BCUT2D eigenvalue weighted by atomic mass is 79.9. The second-order valence-corrected chi connectivity index (χ2v) is 6.56. The number of hydrogen-bond donors (Lipinski definition) is 2. The van der Waals surface area contributed by atoms with Gasteiger partial charge in [0.05, 0.1) is 9.83 Å². The normalized spacial score (nSPS) is 12.8. The molecular formula is C11H17BrN2OS. The second-order valence-electron chi connectivity index (χ2n) is 4.02. The van der Waals surface area contributed by atoms with Gasteiger partial charge >= 0.3 is 0 Å². The highest BCUT2D eigenvalue weighted by molar-refractivity contribution is 9.11. The van der Waals surface area contributed by atoms with E-state index < -0.39 is 6.04 Å². The number of nitrogens with two attached hydrogens (primary N) is 1. The highest BCUT2D eigenvalue weighted by Crippen LogP contribution is 2.21. The molecule has 90 valence electrons. The maximum Gasteiger partial charge on any atom is 0.237 e. The number of nitrogens with one attached hydrogen (secondary N) is 1. The van der Waals surface area contributed by atoms with Crippen LogP contribution in [0.1, 0.15) is 18.7 Å². The molecule has 1 heterocycles. The van der Waals surface area contributed by atoms with Crippen LogP contribution in [0.3, 0.4) is 0 Å². The van der Waals surface area contributed by atoms with Crippen molar-refractivity contribution < 1.29 is 4.79 Å². The first kappa shape index (κ1) is 13.7. The first-order valence-electron chi connectivity index (χ1n) is 5.28. The van der Waals surface area contributed by atoms with Gasteiger partial charge in [0.25, 0.3) is 0 Å². The Morgan fingerprint density at radius 2 is 2.25 bits per heavy atom. The van der Waals surface area contributed by atoms with Gasteiger partial charge in [-0.15, -0.1) is 11.3 Å². The quantitative estimate of drug-likeness (QED) is 0.876. The van der Waals surface area contributed by atoms with Gasteiger partial charge in [0.2, 0.25) is 5.91 Å². The van der Waals surface area contributed by atoms with Gasteiger partial charge in [-0.2, -0.15) is 0 Å². The summed E-state index contributed by atoms with van der Waals surface area (Å²) in [6.07, 6.45) is 0.854. The van der Waals surface area contributed by atoms with E-state index in [4.69, 9.17) is 5.73 Å². The molecule has 1 aromatic rings. The minimum Gasteiger partial charge on any atom is -0.354 e. The van der Waals surface area contributed by atoms with Crippen molar-refractivity contribution in [2.24, 2.45) is 11.7 Å². The van der Waals surface area contributed by atoms with Crippen molar-refractivity contribution in [3.8, 4) is 0 Å². The summed E-state index contributed by atoms with van der Waals surface area (Å²) in [5.74, 6) is 0.113. The average Bonchev–Trinajstić information content (AvgIpc) is 2.62. The monoisotopic (exact) mass is 304 g/mol. The lowest BCUT2D eigenvalue weighted by atomic mass is 10.1. The molecular weight excluding hydrogens is 288 g/mol. The predicted octanol–water partition coefficient (Wildman–Crippen LogP) is 2.15. The zero-order valence-corrected chi connectivity index (χ0v) is 11.9. The summed E-state index contributed by atoms with van der Waals surface area (Å²) in [4.78, 5) is 12.8. The molecule has 1 unspecified atom stereocenters. The van der Waals surface area contributed by atoms with E-state index in [0.29, 0.717) is 6.54 Å². The molecule has 0 bridgehead atoms. The molecule has 0 aliphatic carbocycles. The molecule has 5 heteroatoms. The van der Waals surface area contributed by atoms with Crippen molar-refractivity contribution in [3.05, 3.63) is 20.8 Å². The summed E-state index contributed by atoms with van der Waals surface area (Å²) >= 11 is 5.09. The molecule has 3 nitrogen and oxygen atoms in total. The Kier molecular flexibility index (Phi) is 5.44. The van der Waals surface area contributed by atoms with Crippen molar-refractivity contribution >= 4 is 33.2 Å². The van der Waals surface area contributed by atoms with Gasteiger partial charge in [0.15, 0.2) is 0 Å². The molecule has 1 rings (SSSR count). The van der Waals surface area contributed by atoms with Gasteiger partial charge < -0.3 is 11.1 Å². The number of amides is 1. The van der Waals surface area contributed by atoms with Crippen molar-refractivity contribution in [1.82, 2.24) is 5.32 Å². The second kappa shape index (κ2) is 6.37. The lowest BCUT2D eigenvalue weighted by Crippen LogP contribution is -2.44. The van der Waals surface area contributed by atoms with Crippen LogP contribution in [0.5, 0.6) is 0 Å². The Balaban J connectivity index is 2.28. The van der Waals surface area contributed by atoms with E-state index in [1.54, 1.807) is 11.3 Å². The van der Waals surface area contributed by atoms with Crippen molar-refractivity contribution in [2.75, 3.05) is 6.54 Å². The lowest BCUT2D eigenvalue weighted by molar-refractivity contribution is -0.123. The van der Waals surface area contributed by atoms with E-state index in [2.05, 4.69) is 27.3 Å². The molecule has 0 saturated heterocycles. The van der Waals surface area contributed by atoms with Gasteiger partial charge in [0, 0.05) is 11.4 Å². The fourth-order valence-electron chi connectivity index (χ4n) is 1.22. The zero-order chi connectivity index (χ0) is 12.1. The number of thiophene rings is 1. The van der Waals surface area contributed by atoms with Gasteiger partial charge in [-0.05, 0) is 40.4 Å². The summed E-state index contributed by atoms with van der Waals surface area (Å²) in [7, 11) is 0. The van der Waals surface area contributed by atoms with Gasteiger partial charge in [-0.1, -0.05) is 13.8 Å². The summed E-state index contributed by atoms with van der Waals surface area (Å²) in [6.45, 7) is 4.54. The van der Waals surface area contributed by atoms with E-state index in [-0.39, 0.29) is 11.8 Å². The van der Waals surface area contributed by atoms with Gasteiger partial charge in [0.1, 0.15) is 0 Å². The third-order valence-electron chi connectivity index (χ3n) is 2.32. The molecule has 0 spiro atoms. The van der Waals surface area contributed by atoms with E-state index in [9.17, 15) is 4.79 Å². The fraction of sp³-hybridized carbons (Fsp3) is 0.545. The number of hydrogen-bond acceptors (Lipinski definition) is 3. The topological polar surface area (TPSA) is 55.1 Å². The molecule has 0 aliphatic heterocycles. The standard InChI is InChI=1S/C11H17BrN2OS/c1-7(2)10(13)11(15)14-6-5-8-3-4-9(12)16-8/h3-4,7,10H,5-6,13H2,1-2H3,(H,14,15). The van der Waals surface area contributed by atoms with Gasteiger partial charge in [-0.25, -0.2) is 0 Å². The maximum atomic E-state index is 11.5. The largest absolute Gasteiger partial charge is 0.354 e. The number of rotatable bonds is 5. The molecule has 0 saturated carbocycles. The summed E-state index contributed by atoms with van der Waals surface area (Å²) < 4.78 is 1.12. The summed E-state index contributed by atoms with van der Waals surface area (Å²) in [5, 5.41) is 2.85. The third kappa shape index (κ3) is 4.23. The van der Waals surface area contributed by atoms with Crippen LogP contribution in [0.4, 0.5) is 0 Å². The third-order valence-corrected chi connectivity index (χ3v) is 4.00. The Hall–Kier alpha value is -0.390. The first-order valence-corrected chi connectivity index (χ1v) is 6.89. The Labute approximate surface area is 109 Å². The SMILES string of the molecule is CC(C)C(N)C(=O)NCCc1ccc(Br)s1. The first-order chi connectivity index (χ1) is 7.50. The average molecular weight is 305 g/mol. The molecule has 16 heavy (non-hydrogen) atoms. The Morgan fingerprint density at radius 1 is 1.56 bits per heavy atom.